The number of carbonyl (C=O) groups is 4. The summed E-state index contributed by atoms with van der Waals surface area (Å²) in [6.07, 6.45) is 63.3. The van der Waals surface area contributed by atoms with Crippen molar-refractivity contribution in [3.63, 3.8) is 0 Å². The summed E-state index contributed by atoms with van der Waals surface area (Å²) < 4.78 is 68.6. The largest absolute Gasteiger partial charge is 0.472 e. The van der Waals surface area contributed by atoms with E-state index in [4.69, 9.17) is 37.0 Å². The molecule has 0 heterocycles. The molecule has 0 aromatic carbocycles. The number of allylic oxidation sites excluding steroid dienone is 4. The average Bonchev–Trinajstić information content (AvgIpc) is 0.992. The summed E-state index contributed by atoms with van der Waals surface area (Å²) in [4.78, 5) is 72.9. The summed E-state index contributed by atoms with van der Waals surface area (Å²) in [6, 6.07) is 0. The van der Waals surface area contributed by atoms with E-state index in [1.807, 2.05) is 0 Å². The fraction of sp³-hybridized carbons (Fsp3) is 0.900. The first kappa shape index (κ1) is 96.5. The lowest BCUT2D eigenvalue weighted by Gasteiger charge is -2.21. The van der Waals surface area contributed by atoms with Gasteiger partial charge < -0.3 is 33.8 Å². The highest BCUT2D eigenvalue weighted by Gasteiger charge is 2.30. The maximum absolute atomic E-state index is 13.1. The molecule has 3 N–H and O–H groups in total. The maximum Gasteiger partial charge on any atom is 0.472 e. The molecule has 0 amide bonds. The molecule has 0 aliphatic heterocycles. The third-order valence-corrected chi connectivity index (χ3v) is 20.7. The molecule has 0 aliphatic rings. The first-order valence-corrected chi connectivity index (χ1v) is 43.9. The van der Waals surface area contributed by atoms with Crippen molar-refractivity contribution in [3.8, 4) is 0 Å². The predicted octanol–water partition coefficient (Wildman–Crippen LogP) is 23.4. The minimum atomic E-state index is -4.97. The van der Waals surface area contributed by atoms with Crippen molar-refractivity contribution in [2.75, 3.05) is 39.6 Å². The Morgan fingerprint density at radius 3 is 0.859 bits per heavy atom. The lowest BCUT2D eigenvalue weighted by atomic mass is 9.99. The Kier molecular flexibility index (Phi) is 69.4. The smallest absolute Gasteiger partial charge is 0.462 e. The summed E-state index contributed by atoms with van der Waals surface area (Å²) in [6.45, 7) is 9.54. The summed E-state index contributed by atoms with van der Waals surface area (Å²) >= 11 is 0. The first-order chi connectivity index (χ1) is 47.9. The van der Waals surface area contributed by atoms with Gasteiger partial charge in [-0.3, -0.25) is 37.3 Å². The zero-order valence-corrected chi connectivity index (χ0v) is 66.1. The van der Waals surface area contributed by atoms with Crippen molar-refractivity contribution < 1.29 is 80.2 Å². The molecule has 0 bridgehead atoms. The molecular weight excluding hydrogens is 1290 g/mol. The third-order valence-electron chi connectivity index (χ3n) is 18.8. The van der Waals surface area contributed by atoms with Crippen LogP contribution in [-0.2, 0) is 65.4 Å². The van der Waals surface area contributed by atoms with Crippen LogP contribution in [0.4, 0.5) is 0 Å². The minimum absolute atomic E-state index is 0.102. The van der Waals surface area contributed by atoms with Crippen LogP contribution in [0.5, 0.6) is 0 Å². The Hall–Kier alpha value is -2.46. The second-order valence-corrected chi connectivity index (χ2v) is 31.5. The van der Waals surface area contributed by atoms with Gasteiger partial charge in [0.25, 0.3) is 0 Å². The van der Waals surface area contributed by atoms with E-state index in [1.54, 1.807) is 0 Å². The number of unbranched alkanes of at least 4 members (excludes halogenated alkanes) is 42. The van der Waals surface area contributed by atoms with E-state index in [1.165, 1.54) is 186 Å². The number of ether oxygens (including phenoxy) is 4. The average molecular weight is 1450 g/mol. The summed E-state index contributed by atoms with van der Waals surface area (Å²) in [7, 11) is -9.93. The molecule has 0 fully saturated rings. The summed E-state index contributed by atoms with van der Waals surface area (Å²) in [5.41, 5.74) is 0. The molecule has 0 aromatic heterocycles. The van der Waals surface area contributed by atoms with Crippen LogP contribution in [0.1, 0.15) is 395 Å². The number of carbonyl (C=O) groups excluding carboxylic acids is 4. The van der Waals surface area contributed by atoms with Gasteiger partial charge in [0.2, 0.25) is 0 Å². The van der Waals surface area contributed by atoms with E-state index in [2.05, 4.69) is 65.8 Å². The molecule has 0 radical (unpaired) electrons. The van der Waals surface area contributed by atoms with Gasteiger partial charge >= 0.3 is 39.5 Å². The highest BCUT2D eigenvalue weighted by molar-refractivity contribution is 7.47. The molecule has 0 aromatic rings. The lowest BCUT2D eigenvalue weighted by molar-refractivity contribution is -0.161. The zero-order chi connectivity index (χ0) is 72.8. The van der Waals surface area contributed by atoms with E-state index in [-0.39, 0.29) is 25.7 Å². The number of aliphatic hydroxyl groups is 1. The van der Waals surface area contributed by atoms with Crippen LogP contribution in [0.25, 0.3) is 0 Å². The monoisotopic (exact) mass is 1450 g/mol. The van der Waals surface area contributed by atoms with Crippen molar-refractivity contribution in [3.05, 3.63) is 24.3 Å². The number of phosphoric acid groups is 2. The van der Waals surface area contributed by atoms with Gasteiger partial charge in [-0.2, -0.15) is 0 Å². The zero-order valence-electron chi connectivity index (χ0n) is 64.3. The Morgan fingerprint density at radius 2 is 0.566 bits per heavy atom. The van der Waals surface area contributed by atoms with E-state index in [9.17, 15) is 43.2 Å². The molecule has 7 atom stereocenters. The molecule has 19 heteroatoms. The summed E-state index contributed by atoms with van der Waals surface area (Å²) in [5.74, 6) is -0.612. The normalized spacial score (nSPS) is 14.6. The molecule has 0 rings (SSSR count). The van der Waals surface area contributed by atoms with Gasteiger partial charge in [0.05, 0.1) is 26.4 Å². The standard InChI is InChI=1S/C80H152O17P2/c1-7-11-13-15-17-19-21-23-25-26-27-28-29-31-33-35-40-44-52-58-64-79(84)96-75(68-90-77(82)62-56-50-43-39-34-32-30-24-22-20-18-16-14-12-8-2)70-94-98(86,87)92-66-74(81)67-93-99(88,89)95-71-76(69-91-78(83)63-57-51-47-46-49-55-61-73(6)10-4)97-80(85)65-59-53-45-41-37-36-38-42-48-54-60-72(5)9-3/h20,22,24,30,72-76,81H,7-19,21,23,25-29,31-71H2,1-6H3,(H,86,87)(H,88,89)/b22-20-,30-24-/t72?,73?,74-,75-,76-/m1/s1. The van der Waals surface area contributed by atoms with E-state index in [0.29, 0.717) is 25.7 Å². The maximum atomic E-state index is 13.1. The number of aliphatic hydroxyl groups excluding tert-OH is 1. The molecule has 17 nitrogen and oxygen atoms in total. The number of hydrogen-bond acceptors (Lipinski definition) is 15. The van der Waals surface area contributed by atoms with E-state index < -0.39 is 97.5 Å². The van der Waals surface area contributed by atoms with Gasteiger partial charge in [0.1, 0.15) is 19.3 Å². The quantitative estimate of drug-likeness (QED) is 0.0169. The first-order valence-electron chi connectivity index (χ1n) is 40.9. The number of rotatable bonds is 77. The predicted molar refractivity (Wildman–Crippen MR) is 404 cm³/mol. The van der Waals surface area contributed by atoms with Gasteiger partial charge in [-0.05, 0) is 63.2 Å². The second-order valence-electron chi connectivity index (χ2n) is 28.6. The lowest BCUT2D eigenvalue weighted by Crippen LogP contribution is -2.30. The van der Waals surface area contributed by atoms with Gasteiger partial charge in [0.15, 0.2) is 12.2 Å². The van der Waals surface area contributed by atoms with Crippen LogP contribution < -0.4 is 0 Å². The van der Waals surface area contributed by atoms with Gasteiger partial charge in [-0.15, -0.1) is 0 Å². The molecule has 0 saturated heterocycles. The molecule has 0 aliphatic carbocycles. The molecular formula is C80H152O17P2. The minimum Gasteiger partial charge on any atom is -0.462 e. The van der Waals surface area contributed by atoms with Crippen molar-refractivity contribution in [1.82, 2.24) is 0 Å². The molecule has 0 saturated carbocycles. The second kappa shape index (κ2) is 71.2. The number of esters is 4. The van der Waals surface area contributed by atoms with Crippen molar-refractivity contribution >= 4 is 39.5 Å². The Balaban J connectivity index is 5.27. The van der Waals surface area contributed by atoms with Gasteiger partial charge in [-0.25, -0.2) is 9.13 Å². The van der Waals surface area contributed by atoms with E-state index >= 15 is 0 Å². The Labute approximate surface area is 605 Å². The SMILES string of the molecule is CCCCCC/C=C\C=C/CCCCCCCC(=O)OC[C@H](COP(=O)(O)OC[C@@H](O)COP(=O)(O)OC[C@@H](COC(=O)CCCCCCCCC(C)CC)OC(=O)CCCCCCCCCCCCC(C)CC)OC(=O)CCCCCCCCCCCCCCCCCCCCCC. The third kappa shape index (κ3) is 71.0. The molecule has 0 spiro atoms. The fourth-order valence-corrected chi connectivity index (χ4v) is 13.3. The topological polar surface area (TPSA) is 237 Å². The highest BCUT2D eigenvalue weighted by Crippen LogP contribution is 2.45. The van der Waals surface area contributed by atoms with Crippen LogP contribution in [0.2, 0.25) is 0 Å². The fourth-order valence-electron chi connectivity index (χ4n) is 11.8. The van der Waals surface area contributed by atoms with E-state index in [0.717, 1.165) is 127 Å². The van der Waals surface area contributed by atoms with Crippen LogP contribution in [0, 0.1) is 11.8 Å². The highest BCUT2D eigenvalue weighted by atomic mass is 31.2. The van der Waals surface area contributed by atoms with Crippen molar-refractivity contribution in [2.45, 2.75) is 413 Å². The van der Waals surface area contributed by atoms with Crippen LogP contribution >= 0.6 is 15.6 Å². The van der Waals surface area contributed by atoms with Crippen LogP contribution in [-0.4, -0.2) is 96.7 Å². The van der Waals surface area contributed by atoms with Crippen LogP contribution in [0.3, 0.4) is 0 Å². The van der Waals surface area contributed by atoms with Gasteiger partial charge in [-0.1, -0.05) is 342 Å². The number of phosphoric ester groups is 2. The number of hydrogen-bond donors (Lipinski definition) is 3. The summed E-state index contributed by atoms with van der Waals surface area (Å²) in [5, 5.41) is 10.6. The Bertz CT molecular complexity index is 2010. The van der Waals surface area contributed by atoms with Crippen LogP contribution in [0.15, 0.2) is 24.3 Å². The molecule has 99 heavy (non-hydrogen) atoms. The van der Waals surface area contributed by atoms with Crippen molar-refractivity contribution in [2.24, 2.45) is 11.8 Å². The van der Waals surface area contributed by atoms with Gasteiger partial charge in [0, 0.05) is 25.7 Å². The molecule has 584 valence electrons. The Morgan fingerprint density at radius 1 is 0.323 bits per heavy atom. The molecule has 4 unspecified atom stereocenters. The van der Waals surface area contributed by atoms with Crippen molar-refractivity contribution in [1.29, 1.82) is 0 Å².